The molecule has 1 atom stereocenters. The fourth-order valence-electron chi connectivity index (χ4n) is 3.38. The molecule has 3 rings (SSSR count). The Morgan fingerprint density at radius 1 is 1.23 bits per heavy atom. The van der Waals surface area contributed by atoms with E-state index in [0.29, 0.717) is 11.8 Å². The number of amides is 4. The van der Waals surface area contributed by atoms with E-state index in [-0.39, 0.29) is 37.4 Å². The van der Waals surface area contributed by atoms with E-state index in [4.69, 9.17) is 0 Å². The Hall–Kier alpha value is -2.37. The zero-order valence-electron chi connectivity index (χ0n) is 15.5. The van der Waals surface area contributed by atoms with Crippen LogP contribution in [0.2, 0.25) is 0 Å². The van der Waals surface area contributed by atoms with Crippen LogP contribution in [0, 0.1) is 11.8 Å². The van der Waals surface area contributed by atoms with Gasteiger partial charge in [0.2, 0.25) is 11.8 Å². The molecule has 0 bridgehead atoms. The van der Waals surface area contributed by atoms with Crippen molar-refractivity contribution in [3.63, 3.8) is 0 Å². The van der Waals surface area contributed by atoms with Crippen LogP contribution in [-0.4, -0.2) is 35.8 Å². The van der Waals surface area contributed by atoms with Crippen molar-refractivity contribution in [1.82, 2.24) is 15.5 Å². The van der Waals surface area contributed by atoms with Gasteiger partial charge in [0.15, 0.2) is 0 Å². The molecule has 1 aromatic rings. The van der Waals surface area contributed by atoms with Crippen LogP contribution in [0.25, 0.3) is 0 Å². The standard InChI is InChI=1S/C20H27N3O3/c1-13(2)11-14-3-5-15(6-4-14)19(16-7-8-16)21-18(25)12-23-10-9-17(24)22-20(23)26/h3-6,13,16,19H,7-12H2,1-2H3,(H,21,25)(H,22,24,26). The van der Waals surface area contributed by atoms with Crippen LogP contribution in [0.5, 0.6) is 0 Å². The lowest BCUT2D eigenvalue weighted by Crippen LogP contribution is -2.52. The highest BCUT2D eigenvalue weighted by atomic mass is 16.2. The van der Waals surface area contributed by atoms with E-state index in [1.807, 2.05) is 0 Å². The highest BCUT2D eigenvalue weighted by Gasteiger charge is 2.34. The molecule has 140 valence electrons. The maximum atomic E-state index is 12.4. The summed E-state index contributed by atoms with van der Waals surface area (Å²) < 4.78 is 0. The number of carbonyl (C=O) groups is 3. The molecule has 1 unspecified atom stereocenters. The summed E-state index contributed by atoms with van der Waals surface area (Å²) in [7, 11) is 0. The van der Waals surface area contributed by atoms with Crippen molar-refractivity contribution in [2.24, 2.45) is 11.8 Å². The van der Waals surface area contributed by atoms with E-state index >= 15 is 0 Å². The van der Waals surface area contributed by atoms with Gasteiger partial charge in [-0.3, -0.25) is 14.9 Å². The second-order valence-electron chi connectivity index (χ2n) is 7.75. The third-order valence-electron chi connectivity index (χ3n) is 4.87. The molecule has 1 aliphatic carbocycles. The number of imide groups is 1. The van der Waals surface area contributed by atoms with Gasteiger partial charge in [0, 0.05) is 13.0 Å². The molecule has 26 heavy (non-hydrogen) atoms. The summed E-state index contributed by atoms with van der Waals surface area (Å²) in [5.74, 6) is 0.607. The quantitative estimate of drug-likeness (QED) is 0.786. The molecule has 1 aromatic carbocycles. The molecular weight excluding hydrogens is 330 g/mol. The number of urea groups is 1. The van der Waals surface area contributed by atoms with Crippen molar-refractivity contribution in [1.29, 1.82) is 0 Å². The molecule has 4 amide bonds. The van der Waals surface area contributed by atoms with Crippen LogP contribution in [0.1, 0.15) is 50.3 Å². The van der Waals surface area contributed by atoms with Crippen molar-refractivity contribution in [2.45, 2.75) is 45.6 Å². The van der Waals surface area contributed by atoms with Crippen LogP contribution in [-0.2, 0) is 16.0 Å². The maximum absolute atomic E-state index is 12.4. The lowest BCUT2D eigenvalue weighted by molar-refractivity contribution is -0.125. The minimum Gasteiger partial charge on any atom is -0.347 e. The van der Waals surface area contributed by atoms with E-state index in [1.54, 1.807) is 0 Å². The number of nitrogens with one attached hydrogen (secondary N) is 2. The number of benzene rings is 1. The van der Waals surface area contributed by atoms with Gasteiger partial charge in [0.25, 0.3) is 0 Å². The Morgan fingerprint density at radius 3 is 2.50 bits per heavy atom. The van der Waals surface area contributed by atoms with Gasteiger partial charge < -0.3 is 10.2 Å². The molecule has 6 heteroatoms. The van der Waals surface area contributed by atoms with Gasteiger partial charge >= 0.3 is 6.03 Å². The summed E-state index contributed by atoms with van der Waals surface area (Å²) in [6, 6.07) is 7.99. The predicted octanol–water partition coefficient (Wildman–Crippen LogP) is 2.39. The van der Waals surface area contributed by atoms with E-state index in [1.165, 1.54) is 10.5 Å². The maximum Gasteiger partial charge on any atom is 0.324 e. The van der Waals surface area contributed by atoms with Gasteiger partial charge in [-0.25, -0.2) is 4.79 Å². The predicted molar refractivity (Wildman–Crippen MR) is 98.3 cm³/mol. The molecule has 1 aliphatic heterocycles. The van der Waals surface area contributed by atoms with Gasteiger partial charge in [0.05, 0.1) is 6.04 Å². The average Bonchev–Trinajstić information content (AvgIpc) is 3.40. The van der Waals surface area contributed by atoms with Crippen LogP contribution in [0.15, 0.2) is 24.3 Å². The van der Waals surface area contributed by atoms with E-state index in [0.717, 1.165) is 24.8 Å². The van der Waals surface area contributed by atoms with Crippen LogP contribution < -0.4 is 10.6 Å². The van der Waals surface area contributed by atoms with Gasteiger partial charge in [-0.1, -0.05) is 38.1 Å². The summed E-state index contributed by atoms with van der Waals surface area (Å²) in [4.78, 5) is 36.8. The lowest BCUT2D eigenvalue weighted by Gasteiger charge is -2.27. The average molecular weight is 357 g/mol. The first kappa shape index (κ1) is 18.4. The second-order valence-corrected chi connectivity index (χ2v) is 7.75. The molecule has 0 radical (unpaired) electrons. The van der Waals surface area contributed by atoms with Crippen molar-refractivity contribution in [3.8, 4) is 0 Å². The van der Waals surface area contributed by atoms with Gasteiger partial charge in [-0.05, 0) is 42.2 Å². The molecule has 2 aliphatic rings. The topological polar surface area (TPSA) is 78.5 Å². The van der Waals surface area contributed by atoms with Crippen molar-refractivity contribution in [3.05, 3.63) is 35.4 Å². The number of nitrogens with zero attached hydrogens (tertiary/aromatic N) is 1. The first-order valence-corrected chi connectivity index (χ1v) is 9.39. The zero-order chi connectivity index (χ0) is 18.7. The molecule has 1 saturated carbocycles. The first-order valence-electron chi connectivity index (χ1n) is 9.39. The van der Waals surface area contributed by atoms with E-state index in [9.17, 15) is 14.4 Å². The second kappa shape index (κ2) is 7.89. The molecule has 1 heterocycles. The van der Waals surface area contributed by atoms with E-state index < -0.39 is 6.03 Å². The summed E-state index contributed by atoms with van der Waals surface area (Å²) in [5, 5.41) is 5.33. The van der Waals surface area contributed by atoms with Crippen molar-refractivity contribution >= 4 is 17.8 Å². The summed E-state index contributed by atoms with van der Waals surface area (Å²) in [6.45, 7) is 4.67. The number of carbonyl (C=O) groups excluding carboxylic acids is 3. The first-order chi connectivity index (χ1) is 12.4. The molecular formula is C20H27N3O3. The molecule has 6 nitrogen and oxygen atoms in total. The summed E-state index contributed by atoms with van der Waals surface area (Å²) in [6.07, 6.45) is 3.50. The minimum atomic E-state index is -0.489. The highest BCUT2D eigenvalue weighted by molar-refractivity contribution is 5.98. The molecule has 1 saturated heterocycles. The largest absolute Gasteiger partial charge is 0.347 e. The van der Waals surface area contributed by atoms with Gasteiger partial charge in [0.1, 0.15) is 6.54 Å². The SMILES string of the molecule is CC(C)Cc1ccc(C(NC(=O)CN2CCC(=O)NC2=O)C2CC2)cc1. The van der Waals surface area contributed by atoms with Crippen LogP contribution >= 0.6 is 0 Å². The Labute approximate surface area is 154 Å². The Morgan fingerprint density at radius 2 is 1.92 bits per heavy atom. The van der Waals surface area contributed by atoms with Crippen LogP contribution in [0.4, 0.5) is 4.79 Å². The fourth-order valence-corrected chi connectivity index (χ4v) is 3.38. The third-order valence-corrected chi connectivity index (χ3v) is 4.87. The highest BCUT2D eigenvalue weighted by Crippen LogP contribution is 2.41. The van der Waals surface area contributed by atoms with Crippen molar-refractivity contribution in [2.75, 3.05) is 13.1 Å². The summed E-state index contributed by atoms with van der Waals surface area (Å²) >= 11 is 0. The summed E-state index contributed by atoms with van der Waals surface area (Å²) in [5.41, 5.74) is 2.42. The number of hydrogen-bond donors (Lipinski definition) is 2. The number of rotatable bonds is 7. The lowest BCUT2D eigenvalue weighted by atomic mass is 9.97. The molecule has 2 N–H and O–H groups in total. The van der Waals surface area contributed by atoms with Crippen molar-refractivity contribution < 1.29 is 14.4 Å². The van der Waals surface area contributed by atoms with Gasteiger partial charge in [-0.15, -0.1) is 0 Å². The Balaban J connectivity index is 1.60. The van der Waals surface area contributed by atoms with Gasteiger partial charge in [-0.2, -0.15) is 0 Å². The Bertz CT molecular complexity index is 680. The minimum absolute atomic E-state index is 0.00918. The smallest absolute Gasteiger partial charge is 0.324 e. The zero-order valence-corrected chi connectivity index (χ0v) is 15.5. The fraction of sp³-hybridized carbons (Fsp3) is 0.550. The van der Waals surface area contributed by atoms with Crippen LogP contribution in [0.3, 0.4) is 0 Å². The monoisotopic (exact) mass is 357 g/mol. The molecule has 2 fully saturated rings. The number of hydrogen-bond acceptors (Lipinski definition) is 3. The third kappa shape index (κ3) is 4.84. The molecule has 0 spiro atoms. The van der Waals surface area contributed by atoms with E-state index in [2.05, 4.69) is 48.7 Å². The molecule has 0 aromatic heterocycles. The normalized spacial score (nSPS) is 18.7. The Kier molecular flexibility index (Phi) is 5.59.